The molecule has 0 unspecified atom stereocenters. The number of anilines is 1. The smallest absolute Gasteiger partial charge is 0.180 e. The van der Waals surface area contributed by atoms with Crippen molar-refractivity contribution >= 4 is 40.2 Å². The summed E-state index contributed by atoms with van der Waals surface area (Å²) < 4.78 is 20.9. The van der Waals surface area contributed by atoms with Gasteiger partial charge in [0.25, 0.3) is 0 Å². The summed E-state index contributed by atoms with van der Waals surface area (Å²) in [5.41, 5.74) is 2.75. The third-order valence-electron chi connectivity index (χ3n) is 5.49. The van der Waals surface area contributed by atoms with E-state index in [1.165, 1.54) is 17.6 Å². The average molecular weight is 416 g/mol. The predicted molar refractivity (Wildman–Crippen MR) is 114 cm³/mol. The van der Waals surface area contributed by atoms with Crippen LogP contribution < -0.4 is 4.90 Å². The zero-order chi connectivity index (χ0) is 18.9. The number of aryl methyl sites for hydroxylation is 1. The van der Waals surface area contributed by atoms with Gasteiger partial charge < -0.3 is 14.0 Å². The lowest BCUT2D eigenvalue weighted by Gasteiger charge is -2.34. The molecule has 2 aromatic heterocycles. The van der Waals surface area contributed by atoms with Crippen molar-refractivity contribution in [3.05, 3.63) is 54.6 Å². The molecular formula is C21H23ClFN5O. The van der Waals surface area contributed by atoms with E-state index in [1.807, 2.05) is 18.5 Å². The molecule has 6 nitrogen and oxygen atoms in total. The average Bonchev–Trinajstić information content (AvgIpc) is 3.33. The van der Waals surface area contributed by atoms with Crippen LogP contribution in [0.5, 0.6) is 0 Å². The molecule has 8 heteroatoms. The van der Waals surface area contributed by atoms with E-state index >= 15 is 0 Å². The van der Waals surface area contributed by atoms with Gasteiger partial charge in [0.2, 0.25) is 0 Å². The van der Waals surface area contributed by atoms with Crippen LogP contribution in [0, 0.1) is 5.82 Å². The second kappa shape index (κ2) is 8.39. The predicted octanol–water partition coefficient (Wildman–Crippen LogP) is 3.95. The van der Waals surface area contributed by atoms with Crippen LogP contribution in [0.25, 0.3) is 22.0 Å². The molecule has 1 aliphatic rings. The second-order valence-corrected chi connectivity index (χ2v) is 7.26. The molecule has 0 N–H and O–H groups in total. The van der Waals surface area contributed by atoms with Gasteiger partial charge in [0.15, 0.2) is 11.4 Å². The summed E-state index contributed by atoms with van der Waals surface area (Å²) in [4.78, 5) is 9.17. The number of rotatable bonds is 5. The molecule has 1 saturated heterocycles. The molecule has 5 rings (SSSR count). The standard InChI is InChI=1S/C21H22FN5O.ClH/c22-16-6-7-17-20(14-16)28-24-21(17)26-12-10-25(11-13-26)8-3-9-27-15-23-18-4-1-2-5-19(18)27;/h1-2,4-7,14-15H,3,8-13H2;1H. The highest BCUT2D eigenvalue weighted by atomic mass is 35.5. The maximum absolute atomic E-state index is 13.3. The van der Waals surface area contributed by atoms with Gasteiger partial charge in [-0.25, -0.2) is 9.37 Å². The molecule has 1 fully saturated rings. The van der Waals surface area contributed by atoms with Gasteiger partial charge in [-0.05, 0) is 37.2 Å². The van der Waals surface area contributed by atoms with Crippen molar-refractivity contribution < 1.29 is 8.91 Å². The van der Waals surface area contributed by atoms with Gasteiger partial charge in [0.1, 0.15) is 5.82 Å². The maximum atomic E-state index is 13.3. The zero-order valence-electron chi connectivity index (χ0n) is 16.0. The summed E-state index contributed by atoms with van der Waals surface area (Å²) in [5.74, 6) is 0.519. The van der Waals surface area contributed by atoms with Gasteiger partial charge in [0, 0.05) is 38.8 Å². The number of halogens is 2. The van der Waals surface area contributed by atoms with Crippen LogP contribution in [0.3, 0.4) is 0 Å². The van der Waals surface area contributed by atoms with Crippen LogP contribution in [-0.2, 0) is 6.54 Å². The summed E-state index contributed by atoms with van der Waals surface area (Å²) in [6, 6.07) is 12.8. The highest BCUT2D eigenvalue weighted by Crippen LogP contribution is 2.27. The number of aromatic nitrogens is 3. The fourth-order valence-corrected chi connectivity index (χ4v) is 3.96. The molecule has 0 bridgehead atoms. The largest absolute Gasteiger partial charge is 0.354 e. The zero-order valence-corrected chi connectivity index (χ0v) is 16.8. The number of para-hydroxylation sites is 2. The van der Waals surface area contributed by atoms with Gasteiger partial charge in [0.05, 0.1) is 22.7 Å². The molecule has 1 aliphatic heterocycles. The maximum Gasteiger partial charge on any atom is 0.180 e. The Balaban J connectivity index is 0.00000205. The van der Waals surface area contributed by atoms with Crippen LogP contribution in [-0.4, -0.2) is 52.3 Å². The minimum absolute atomic E-state index is 0. The third kappa shape index (κ3) is 3.93. The molecule has 2 aromatic carbocycles. The first-order valence-electron chi connectivity index (χ1n) is 9.70. The van der Waals surface area contributed by atoms with Crippen LogP contribution in [0.15, 0.2) is 53.3 Å². The highest BCUT2D eigenvalue weighted by molar-refractivity contribution is 5.88. The summed E-state index contributed by atoms with van der Waals surface area (Å²) in [7, 11) is 0. The van der Waals surface area contributed by atoms with Crippen molar-refractivity contribution in [1.29, 1.82) is 0 Å². The second-order valence-electron chi connectivity index (χ2n) is 7.26. The Kier molecular flexibility index (Phi) is 5.69. The lowest BCUT2D eigenvalue weighted by atomic mass is 10.2. The summed E-state index contributed by atoms with van der Waals surface area (Å²) in [6.45, 7) is 5.80. The molecule has 0 saturated carbocycles. The van der Waals surface area contributed by atoms with Crippen molar-refractivity contribution in [3.63, 3.8) is 0 Å². The van der Waals surface area contributed by atoms with Gasteiger partial charge in [-0.3, -0.25) is 4.90 Å². The van der Waals surface area contributed by atoms with Gasteiger partial charge in [-0.15, -0.1) is 12.4 Å². The van der Waals surface area contributed by atoms with E-state index in [-0.39, 0.29) is 18.2 Å². The SMILES string of the molecule is Cl.Fc1ccc2c(N3CCN(CCCn4cnc5ccccc54)CC3)noc2c1. The molecule has 29 heavy (non-hydrogen) atoms. The van der Waals surface area contributed by atoms with E-state index in [0.717, 1.165) is 62.4 Å². The van der Waals surface area contributed by atoms with Crippen LogP contribution in [0.1, 0.15) is 6.42 Å². The fraction of sp³-hybridized carbons (Fsp3) is 0.333. The molecule has 0 atom stereocenters. The number of benzene rings is 2. The van der Waals surface area contributed by atoms with E-state index in [2.05, 4.69) is 36.6 Å². The molecule has 0 spiro atoms. The molecule has 152 valence electrons. The lowest BCUT2D eigenvalue weighted by Crippen LogP contribution is -2.46. The Morgan fingerprint density at radius 1 is 1.00 bits per heavy atom. The minimum Gasteiger partial charge on any atom is -0.354 e. The molecule has 3 heterocycles. The molecule has 0 amide bonds. The van der Waals surface area contributed by atoms with Crippen molar-refractivity contribution in [2.75, 3.05) is 37.6 Å². The van der Waals surface area contributed by atoms with E-state index in [1.54, 1.807) is 6.07 Å². The minimum atomic E-state index is -0.300. The van der Waals surface area contributed by atoms with Crippen molar-refractivity contribution in [1.82, 2.24) is 19.6 Å². The van der Waals surface area contributed by atoms with Crippen molar-refractivity contribution in [2.45, 2.75) is 13.0 Å². The quantitative estimate of drug-likeness (QED) is 0.494. The van der Waals surface area contributed by atoms with Crippen molar-refractivity contribution in [2.24, 2.45) is 0 Å². The lowest BCUT2D eigenvalue weighted by molar-refractivity contribution is 0.249. The van der Waals surface area contributed by atoms with Gasteiger partial charge in [-0.1, -0.05) is 17.3 Å². The number of nitrogens with zero attached hydrogens (tertiary/aromatic N) is 5. The first-order chi connectivity index (χ1) is 13.8. The number of hydrogen-bond donors (Lipinski definition) is 0. The molecular weight excluding hydrogens is 393 g/mol. The van der Waals surface area contributed by atoms with E-state index in [9.17, 15) is 4.39 Å². The van der Waals surface area contributed by atoms with E-state index in [4.69, 9.17) is 4.52 Å². The number of imidazole rings is 1. The monoisotopic (exact) mass is 415 g/mol. The van der Waals surface area contributed by atoms with Crippen molar-refractivity contribution in [3.8, 4) is 0 Å². The Morgan fingerprint density at radius 3 is 2.69 bits per heavy atom. The van der Waals surface area contributed by atoms with Gasteiger partial charge >= 0.3 is 0 Å². The highest BCUT2D eigenvalue weighted by Gasteiger charge is 2.21. The Hall–Kier alpha value is -2.64. The van der Waals surface area contributed by atoms with E-state index < -0.39 is 0 Å². The Bertz CT molecular complexity index is 1100. The first kappa shape index (κ1) is 19.7. The topological polar surface area (TPSA) is 50.3 Å². The first-order valence-corrected chi connectivity index (χ1v) is 9.70. The molecule has 0 aliphatic carbocycles. The van der Waals surface area contributed by atoms with Crippen LogP contribution >= 0.6 is 12.4 Å². The number of hydrogen-bond acceptors (Lipinski definition) is 5. The summed E-state index contributed by atoms with van der Waals surface area (Å²) in [6.07, 6.45) is 3.02. The molecule has 4 aromatic rings. The van der Waals surface area contributed by atoms with Gasteiger partial charge in [-0.2, -0.15) is 0 Å². The number of fused-ring (bicyclic) bond motifs is 2. The van der Waals surface area contributed by atoms with Crippen LogP contribution in [0.4, 0.5) is 10.2 Å². The summed E-state index contributed by atoms with van der Waals surface area (Å²) in [5, 5.41) is 5.04. The normalized spacial score (nSPS) is 15.1. The Morgan fingerprint density at radius 2 is 1.83 bits per heavy atom. The van der Waals surface area contributed by atoms with Crippen LogP contribution in [0.2, 0.25) is 0 Å². The summed E-state index contributed by atoms with van der Waals surface area (Å²) >= 11 is 0. The Labute approximate surface area is 174 Å². The third-order valence-corrected chi connectivity index (χ3v) is 5.49. The van der Waals surface area contributed by atoms with E-state index in [0.29, 0.717) is 5.58 Å². The fourth-order valence-electron chi connectivity index (χ4n) is 3.96. The number of piperazine rings is 1. The molecule has 0 radical (unpaired) electrons.